The van der Waals surface area contributed by atoms with Gasteiger partial charge in [0.25, 0.3) is 5.91 Å². The Morgan fingerprint density at radius 3 is 2.65 bits per heavy atom. The van der Waals surface area contributed by atoms with E-state index in [9.17, 15) is 18.0 Å². The minimum absolute atomic E-state index is 0.153. The van der Waals surface area contributed by atoms with Gasteiger partial charge in [0, 0.05) is 15.7 Å². The SMILES string of the molecule is Cc1cc(Br)ccc1Nc1c(C(=O)NOCC#Cc2cccc(F)c2)ccc(F)c1F. The molecule has 3 aromatic rings. The number of aryl methyl sites for hydroxylation is 1. The fourth-order valence-electron chi connectivity index (χ4n) is 2.66. The molecule has 4 nitrogen and oxygen atoms in total. The zero-order chi connectivity index (χ0) is 22.4. The van der Waals surface area contributed by atoms with Crippen LogP contribution in [-0.2, 0) is 4.84 Å². The normalized spacial score (nSPS) is 10.2. The lowest BCUT2D eigenvalue weighted by Gasteiger charge is -2.15. The van der Waals surface area contributed by atoms with Crippen LogP contribution in [0.2, 0.25) is 0 Å². The Labute approximate surface area is 185 Å². The summed E-state index contributed by atoms with van der Waals surface area (Å²) < 4.78 is 42.2. The van der Waals surface area contributed by atoms with E-state index in [0.717, 1.165) is 22.2 Å². The lowest BCUT2D eigenvalue weighted by molar-refractivity contribution is 0.0438. The molecule has 0 saturated heterocycles. The number of amides is 1. The molecule has 0 aliphatic carbocycles. The number of benzene rings is 3. The molecule has 3 aromatic carbocycles. The highest BCUT2D eigenvalue weighted by Gasteiger charge is 2.19. The second-order valence-corrected chi connectivity index (χ2v) is 7.32. The maximum atomic E-state index is 14.5. The Morgan fingerprint density at radius 2 is 1.90 bits per heavy atom. The van der Waals surface area contributed by atoms with Crippen LogP contribution in [0.4, 0.5) is 24.5 Å². The third-order valence-corrected chi connectivity index (χ3v) is 4.65. The monoisotopic (exact) mass is 488 g/mol. The highest BCUT2D eigenvalue weighted by Crippen LogP contribution is 2.29. The molecule has 2 N–H and O–H groups in total. The van der Waals surface area contributed by atoms with Crippen LogP contribution in [0.25, 0.3) is 0 Å². The van der Waals surface area contributed by atoms with Gasteiger partial charge in [-0.3, -0.25) is 9.63 Å². The van der Waals surface area contributed by atoms with Crippen molar-refractivity contribution in [2.24, 2.45) is 0 Å². The van der Waals surface area contributed by atoms with Crippen LogP contribution in [0.5, 0.6) is 0 Å². The summed E-state index contributed by atoms with van der Waals surface area (Å²) in [6.07, 6.45) is 0. The average Bonchev–Trinajstić information content (AvgIpc) is 2.73. The van der Waals surface area contributed by atoms with Crippen LogP contribution in [0.1, 0.15) is 21.5 Å². The molecular weight excluding hydrogens is 473 g/mol. The van der Waals surface area contributed by atoms with E-state index in [4.69, 9.17) is 4.84 Å². The third kappa shape index (κ3) is 5.87. The van der Waals surface area contributed by atoms with E-state index in [0.29, 0.717) is 11.3 Å². The van der Waals surface area contributed by atoms with Gasteiger partial charge < -0.3 is 5.32 Å². The summed E-state index contributed by atoms with van der Waals surface area (Å²) in [5.74, 6) is 1.79. The van der Waals surface area contributed by atoms with Gasteiger partial charge >= 0.3 is 0 Å². The van der Waals surface area contributed by atoms with Gasteiger partial charge in [0.05, 0.1) is 11.3 Å². The van der Waals surface area contributed by atoms with Crippen molar-refractivity contribution in [3.63, 3.8) is 0 Å². The predicted molar refractivity (Wildman–Crippen MR) is 115 cm³/mol. The molecule has 0 spiro atoms. The summed E-state index contributed by atoms with van der Waals surface area (Å²) in [5, 5.41) is 2.77. The van der Waals surface area contributed by atoms with Gasteiger partial charge in [-0.1, -0.05) is 33.8 Å². The number of hydrogen-bond donors (Lipinski definition) is 2. The second kappa shape index (κ2) is 10.2. The van der Waals surface area contributed by atoms with E-state index in [1.54, 1.807) is 31.2 Å². The topological polar surface area (TPSA) is 50.4 Å². The maximum absolute atomic E-state index is 14.5. The fourth-order valence-corrected chi connectivity index (χ4v) is 3.14. The molecule has 0 saturated carbocycles. The number of hydroxylamine groups is 1. The zero-order valence-corrected chi connectivity index (χ0v) is 17.8. The number of hydrogen-bond acceptors (Lipinski definition) is 3. The van der Waals surface area contributed by atoms with Crippen molar-refractivity contribution < 1.29 is 22.8 Å². The van der Waals surface area contributed by atoms with Crippen LogP contribution in [0.15, 0.2) is 59.1 Å². The maximum Gasteiger partial charge on any atom is 0.277 e. The molecule has 0 radical (unpaired) electrons. The van der Waals surface area contributed by atoms with Crippen molar-refractivity contribution in [3.05, 3.63) is 93.2 Å². The van der Waals surface area contributed by atoms with E-state index in [-0.39, 0.29) is 17.9 Å². The molecule has 1 amide bonds. The van der Waals surface area contributed by atoms with Crippen LogP contribution >= 0.6 is 15.9 Å². The molecule has 0 unspecified atom stereocenters. The zero-order valence-electron chi connectivity index (χ0n) is 16.2. The highest BCUT2D eigenvalue weighted by atomic mass is 79.9. The molecule has 0 aromatic heterocycles. The van der Waals surface area contributed by atoms with Gasteiger partial charge in [-0.25, -0.2) is 18.7 Å². The number of halogens is 4. The average molecular weight is 489 g/mol. The van der Waals surface area contributed by atoms with Crippen molar-refractivity contribution in [3.8, 4) is 11.8 Å². The lowest BCUT2D eigenvalue weighted by atomic mass is 10.1. The summed E-state index contributed by atoms with van der Waals surface area (Å²) in [6, 6.07) is 12.9. The summed E-state index contributed by atoms with van der Waals surface area (Å²) in [5.41, 5.74) is 3.38. The predicted octanol–water partition coefficient (Wildman–Crippen LogP) is 5.63. The van der Waals surface area contributed by atoms with Crippen molar-refractivity contribution in [2.45, 2.75) is 6.92 Å². The van der Waals surface area contributed by atoms with Crippen LogP contribution in [0.3, 0.4) is 0 Å². The fraction of sp³-hybridized carbons (Fsp3) is 0.0870. The van der Waals surface area contributed by atoms with Crippen molar-refractivity contribution in [1.29, 1.82) is 0 Å². The summed E-state index contributed by atoms with van der Waals surface area (Å²) in [4.78, 5) is 17.5. The van der Waals surface area contributed by atoms with Crippen molar-refractivity contribution in [1.82, 2.24) is 5.48 Å². The number of carbonyl (C=O) groups excluding carboxylic acids is 1. The third-order valence-electron chi connectivity index (χ3n) is 4.15. The largest absolute Gasteiger partial charge is 0.352 e. The molecule has 0 atom stereocenters. The molecule has 31 heavy (non-hydrogen) atoms. The van der Waals surface area contributed by atoms with Gasteiger partial charge in [-0.05, 0) is 61.0 Å². The number of carbonyl (C=O) groups is 1. The second-order valence-electron chi connectivity index (χ2n) is 6.40. The first kappa shape index (κ1) is 22.4. The first-order valence-electron chi connectivity index (χ1n) is 9.03. The smallest absolute Gasteiger partial charge is 0.277 e. The molecule has 8 heteroatoms. The molecule has 0 fully saturated rings. The highest BCUT2D eigenvalue weighted by molar-refractivity contribution is 9.10. The van der Waals surface area contributed by atoms with Gasteiger partial charge in [-0.2, -0.15) is 0 Å². The van der Waals surface area contributed by atoms with E-state index < -0.39 is 23.4 Å². The number of anilines is 2. The Balaban J connectivity index is 1.71. The quantitative estimate of drug-likeness (QED) is 0.278. The lowest BCUT2D eigenvalue weighted by Crippen LogP contribution is -2.25. The van der Waals surface area contributed by atoms with Gasteiger partial charge in [0.2, 0.25) is 0 Å². The van der Waals surface area contributed by atoms with Crippen LogP contribution in [-0.4, -0.2) is 12.5 Å². The standard InChI is InChI=1S/C23H16BrF3N2O2/c1-14-12-16(24)7-10-20(14)28-22-18(8-9-19(26)21(22)27)23(30)29-31-11-3-5-15-4-2-6-17(25)13-15/h2,4,6-10,12-13,28H,11H2,1H3,(H,29,30). The molecule has 0 bridgehead atoms. The van der Waals surface area contributed by atoms with Gasteiger partial charge in [0.1, 0.15) is 12.4 Å². The molecule has 0 heterocycles. The van der Waals surface area contributed by atoms with E-state index in [1.807, 2.05) is 0 Å². The summed E-state index contributed by atoms with van der Waals surface area (Å²) in [7, 11) is 0. The van der Waals surface area contributed by atoms with E-state index in [2.05, 4.69) is 38.6 Å². The molecule has 0 aliphatic rings. The summed E-state index contributed by atoms with van der Waals surface area (Å²) >= 11 is 3.33. The molecule has 158 valence electrons. The Hall–Kier alpha value is -3.28. The van der Waals surface area contributed by atoms with Crippen molar-refractivity contribution >= 4 is 33.2 Å². The number of nitrogens with one attached hydrogen (secondary N) is 2. The van der Waals surface area contributed by atoms with Crippen molar-refractivity contribution in [2.75, 3.05) is 11.9 Å². The van der Waals surface area contributed by atoms with Gasteiger partial charge in [0.15, 0.2) is 11.6 Å². The Morgan fingerprint density at radius 1 is 1.10 bits per heavy atom. The summed E-state index contributed by atoms with van der Waals surface area (Å²) in [6.45, 7) is 1.59. The minimum Gasteiger partial charge on any atom is -0.352 e. The first-order valence-corrected chi connectivity index (χ1v) is 9.82. The minimum atomic E-state index is -1.19. The Bertz CT molecular complexity index is 1190. The number of rotatable bonds is 5. The van der Waals surface area contributed by atoms with Crippen LogP contribution < -0.4 is 10.8 Å². The molecular formula is C23H16BrF3N2O2. The first-order chi connectivity index (χ1) is 14.8. The van der Waals surface area contributed by atoms with E-state index >= 15 is 0 Å². The molecule has 0 aliphatic heterocycles. The van der Waals surface area contributed by atoms with Crippen LogP contribution in [0, 0.1) is 36.2 Å². The van der Waals surface area contributed by atoms with E-state index in [1.165, 1.54) is 18.2 Å². The Kier molecular flexibility index (Phi) is 7.34. The molecule has 3 rings (SSSR count). The van der Waals surface area contributed by atoms with Gasteiger partial charge in [-0.15, -0.1) is 0 Å².